The lowest BCUT2D eigenvalue weighted by molar-refractivity contribution is 0.0656. The lowest BCUT2D eigenvalue weighted by Crippen LogP contribution is -2.52. The Balaban J connectivity index is 1.84. The predicted molar refractivity (Wildman–Crippen MR) is 81.5 cm³/mol. The van der Waals surface area contributed by atoms with Gasteiger partial charge in [-0.2, -0.15) is 0 Å². The Labute approximate surface area is 128 Å². The summed E-state index contributed by atoms with van der Waals surface area (Å²) in [5, 5.41) is 2.53. The Morgan fingerprint density at radius 3 is 2.71 bits per heavy atom. The van der Waals surface area contributed by atoms with Crippen LogP contribution in [0, 0.1) is 6.92 Å². The zero-order valence-electron chi connectivity index (χ0n) is 12.1. The van der Waals surface area contributed by atoms with Crippen LogP contribution in [0.25, 0.3) is 5.65 Å². The van der Waals surface area contributed by atoms with E-state index in [1.165, 1.54) is 0 Å². The van der Waals surface area contributed by atoms with Gasteiger partial charge in [-0.1, -0.05) is 11.6 Å². The van der Waals surface area contributed by atoms with Gasteiger partial charge < -0.3 is 4.90 Å². The van der Waals surface area contributed by atoms with Crippen molar-refractivity contribution in [1.82, 2.24) is 24.7 Å². The van der Waals surface area contributed by atoms with Crippen molar-refractivity contribution in [3.63, 3.8) is 0 Å². The summed E-state index contributed by atoms with van der Waals surface area (Å²) in [7, 11) is 2.08. The number of likely N-dealkylation sites (N-methyl/N-ethyl adjacent to an activating group) is 1. The molecule has 112 valence electrons. The maximum Gasteiger partial charge on any atom is 0.284 e. The van der Waals surface area contributed by atoms with Crippen LogP contribution in [-0.4, -0.2) is 58.4 Å². The summed E-state index contributed by atoms with van der Waals surface area (Å²) in [6.07, 6.45) is 1.72. The van der Waals surface area contributed by atoms with Gasteiger partial charge in [-0.25, -0.2) is 9.99 Å². The molecule has 0 bridgehead atoms. The third-order valence-electron chi connectivity index (χ3n) is 3.73. The number of hydrazine groups is 1. The average Bonchev–Trinajstić information content (AvgIpc) is 2.76. The molecule has 1 aliphatic rings. The molecule has 0 radical (unpaired) electrons. The first-order valence-electron chi connectivity index (χ1n) is 6.93. The smallest absolute Gasteiger partial charge is 0.284 e. The summed E-state index contributed by atoms with van der Waals surface area (Å²) >= 11 is 6.02. The highest BCUT2D eigenvalue weighted by molar-refractivity contribution is 6.30. The number of imidazole rings is 1. The molecule has 1 amide bonds. The van der Waals surface area contributed by atoms with E-state index in [1.807, 2.05) is 18.0 Å². The maximum absolute atomic E-state index is 12.5. The SMILES string of the molecule is Cc1nc2ccc(Cl)cn2c1C(=O)NN1CCN(C)CC1. The van der Waals surface area contributed by atoms with Gasteiger partial charge in [0.25, 0.3) is 5.91 Å². The van der Waals surface area contributed by atoms with Crippen molar-refractivity contribution in [2.75, 3.05) is 33.2 Å². The quantitative estimate of drug-likeness (QED) is 0.905. The fraction of sp³-hybridized carbons (Fsp3) is 0.429. The van der Waals surface area contributed by atoms with Gasteiger partial charge in [-0.15, -0.1) is 0 Å². The number of nitrogens with zero attached hydrogens (tertiary/aromatic N) is 4. The van der Waals surface area contributed by atoms with E-state index in [0.717, 1.165) is 31.8 Å². The monoisotopic (exact) mass is 307 g/mol. The first-order chi connectivity index (χ1) is 10.0. The normalized spacial score (nSPS) is 17.3. The van der Waals surface area contributed by atoms with Gasteiger partial charge in [0.2, 0.25) is 0 Å². The molecule has 2 aromatic heterocycles. The second-order valence-corrected chi connectivity index (χ2v) is 5.79. The number of hydrogen-bond donors (Lipinski definition) is 1. The Morgan fingerprint density at radius 1 is 1.29 bits per heavy atom. The van der Waals surface area contributed by atoms with Crippen LogP contribution >= 0.6 is 11.6 Å². The van der Waals surface area contributed by atoms with Crippen LogP contribution in [-0.2, 0) is 0 Å². The van der Waals surface area contributed by atoms with E-state index in [0.29, 0.717) is 16.4 Å². The van der Waals surface area contributed by atoms with Gasteiger partial charge in [-0.3, -0.25) is 14.6 Å². The Hall–Kier alpha value is -1.63. The fourth-order valence-corrected chi connectivity index (χ4v) is 2.69. The van der Waals surface area contributed by atoms with Crippen molar-refractivity contribution < 1.29 is 4.79 Å². The standard InChI is InChI=1S/C14H18ClN5O/c1-10-13(20-9-11(15)3-4-12(20)16-10)14(21)17-19-7-5-18(2)6-8-19/h3-4,9H,5-8H2,1-2H3,(H,17,21). The third kappa shape index (κ3) is 2.88. The minimum Gasteiger partial charge on any atom is -0.304 e. The van der Waals surface area contributed by atoms with Crippen LogP contribution in [0.3, 0.4) is 0 Å². The molecule has 1 saturated heterocycles. The van der Waals surface area contributed by atoms with Gasteiger partial charge >= 0.3 is 0 Å². The topological polar surface area (TPSA) is 52.9 Å². The van der Waals surface area contributed by atoms with Crippen LogP contribution in [0.4, 0.5) is 0 Å². The first-order valence-corrected chi connectivity index (χ1v) is 7.31. The van der Waals surface area contributed by atoms with E-state index in [4.69, 9.17) is 11.6 Å². The Bertz CT molecular complexity index is 675. The summed E-state index contributed by atoms with van der Waals surface area (Å²) in [6, 6.07) is 3.58. The van der Waals surface area contributed by atoms with E-state index in [9.17, 15) is 4.79 Å². The molecule has 6 nitrogen and oxygen atoms in total. The van der Waals surface area contributed by atoms with E-state index in [1.54, 1.807) is 16.7 Å². The molecular weight excluding hydrogens is 290 g/mol. The molecule has 0 unspecified atom stereocenters. The lowest BCUT2D eigenvalue weighted by atomic mass is 10.3. The highest BCUT2D eigenvalue weighted by atomic mass is 35.5. The fourth-order valence-electron chi connectivity index (χ4n) is 2.52. The zero-order valence-corrected chi connectivity index (χ0v) is 12.9. The van der Waals surface area contributed by atoms with E-state index < -0.39 is 0 Å². The summed E-state index contributed by atoms with van der Waals surface area (Å²) in [5.74, 6) is -0.146. The van der Waals surface area contributed by atoms with Crippen molar-refractivity contribution in [2.24, 2.45) is 0 Å². The number of pyridine rings is 1. The number of amides is 1. The molecule has 1 aliphatic heterocycles. The second-order valence-electron chi connectivity index (χ2n) is 5.35. The molecule has 2 aromatic rings. The highest BCUT2D eigenvalue weighted by Gasteiger charge is 2.21. The Morgan fingerprint density at radius 2 is 2.00 bits per heavy atom. The minimum atomic E-state index is -0.146. The van der Waals surface area contributed by atoms with Crippen LogP contribution in [0.15, 0.2) is 18.3 Å². The number of carbonyl (C=O) groups excluding carboxylic acids is 1. The number of hydrogen-bond acceptors (Lipinski definition) is 4. The summed E-state index contributed by atoms with van der Waals surface area (Å²) in [4.78, 5) is 19.2. The lowest BCUT2D eigenvalue weighted by Gasteiger charge is -2.32. The zero-order chi connectivity index (χ0) is 15.0. The third-order valence-corrected chi connectivity index (χ3v) is 3.96. The summed E-state index contributed by atoms with van der Waals surface area (Å²) in [5.41, 5.74) is 4.91. The van der Waals surface area contributed by atoms with Gasteiger partial charge in [0, 0.05) is 32.4 Å². The molecule has 1 fully saturated rings. The minimum absolute atomic E-state index is 0.146. The number of carbonyl (C=O) groups is 1. The van der Waals surface area contributed by atoms with Gasteiger partial charge in [0.1, 0.15) is 11.3 Å². The van der Waals surface area contributed by atoms with Crippen molar-refractivity contribution in [2.45, 2.75) is 6.92 Å². The van der Waals surface area contributed by atoms with E-state index >= 15 is 0 Å². The molecular formula is C14H18ClN5O. The highest BCUT2D eigenvalue weighted by Crippen LogP contribution is 2.16. The maximum atomic E-state index is 12.5. The Kier molecular flexibility index (Phi) is 3.84. The predicted octanol–water partition coefficient (Wildman–Crippen LogP) is 1.19. The van der Waals surface area contributed by atoms with E-state index in [2.05, 4.69) is 22.4 Å². The van der Waals surface area contributed by atoms with Crippen LogP contribution in [0.5, 0.6) is 0 Å². The first kappa shape index (κ1) is 14.3. The van der Waals surface area contributed by atoms with Crippen LogP contribution < -0.4 is 5.43 Å². The van der Waals surface area contributed by atoms with Crippen molar-refractivity contribution in [3.05, 3.63) is 34.7 Å². The second kappa shape index (κ2) is 5.63. The molecule has 21 heavy (non-hydrogen) atoms. The molecule has 0 aromatic carbocycles. The largest absolute Gasteiger partial charge is 0.304 e. The van der Waals surface area contributed by atoms with Gasteiger partial charge in [0.05, 0.1) is 10.7 Å². The number of nitrogens with one attached hydrogen (secondary N) is 1. The number of piperazine rings is 1. The number of aromatic nitrogens is 2. The molecule has 3 heterocycles. The van der Waals surface area contributed by atoms with Gasteiger partial charge in [0.15, 0.2) is 0 Å². The molecule has 0 saturated carbocycles. The van der Waals surface area contributed by atoms with Crippen LogP contribution in [0.2, 0.25) is 5.02 Å². The van der Waals surface area contributed by atoms with Crippen molar-refractivity contribution >= 4 is 23.2 Å². The van der Waals surface area contributed by atoms with Crippen molar-refractivity contribution in [1.29, 1.82) is 0 Å². The number of aryl methyl sites for hydroxylation is 1. The van der Waals surface area contributed by atoms with Crippen LogP contribution in [0.1, 0.15) is 16.2 Å². The molecule has 0 spiro atoms. The molecule has 1 N–H and O–H groups in total. The van der Waals surface area contributed by atoms with E-state index in [-0.39, 0.29) is 5.91 Å². The molecule has 0 aliphatic carbocycles. The number of fused-ring (bicyclic) bond motifs is 1. The number of rotatable bonds is 2. The van der Waals surface area contributed by atoms with Crippen molar-refractivity contribution in [3.8, 4) is 0 Å². The number of halogens is 1. The molecule has 3 rings (SSSR count). The van der Waals surface area contributed by atoms with Gasteiger partial charge in [-0.05, 0) is 26.1 Å². The molecule has 7 heteroatoms. The average molecular weight is 308 g/mol. The molecule has 0 atom stereocenters. The summed E-state index contributed by atoms with van der Waals surface area (Å²) in [6.45, 7) is 5.36. The summed E-state index contributed by atoms with van der Waals surface area (Å²) < 4.78 is 1.74.